The third kappa shape index (κ3) is 2.93. The van der Waals surface area contributed by atoms with Gasteiger partial charge in [0.05, 0.1) is 14.9 Å². The minimum absolute atomic E-state index is 0.0522. The van der Waals surface area contributed by atoms with E-state index in [1.807, 2.05) is 0 Å². The number of hydrogen-bond acceptors (Lipinski definition) is 6. The van der Waals surface area contributed by atoms with Crippen molar-refractivity contribution in [3.8, 4) is 0 Å². The number of thiazole rings is 1. The Kier molecular flexibility index (Phi) is 3.31. The highest BCUT2D eigenvalue weighted by Gasteiger charge is 2.16. The third-order valence-corrected chi connectivity index (χ3v) is 4.62. The number of pyridine rings is 1. The summed E-state index contributed by atoms with van der Waals surface area (Å²) in [6, 6.07) is 2.65. The van der Waals surface area contributed by atoms with E-state index >= 15 is 0 Å². The maximum absolute atomic E-state index is 11.9. The van der Waals surface area contributed by atoms with Crippen molar-refractivity contribution < 1.29 is 8.42 Å². The fraction of sp³-hybridized carbons (Fsp3) is 0. The first-order valence-electron chi connectivity index (χ1n) is 4.33. The number of sulfonamides is 1. The number of halogens is 1. The van der Waals surface area contributed by atoms with Crippen LogP contribution in [0, 0.1) is 0 Å². The highest BCUT2D eigenvalue weighted by molar-refractivity contribution is 9.11. The Hall–Kier alpha value is -1.19. The van der Waals surface area contributed by atoms with E-state index in [4.69, 9.17) is 5.73 Å². The molecule has 9 heteroatoms. The number of aromatic nitrogens is 2. The largest absolute Gasteiger partial charge is 0.384 e. The van der Waals surface area contributed by atoms with Crippen molar-refractivity contribution >= 4 is 48.2 Å². The van der Waals surface area contributed by atoms with Crippen molar-refractivity contribution in [1.29, 1.82) is 0 Å². The smallest absolute Gasteiger partial charge is 0.263 e. The lowest BCUT2D eigenvalue weighted by Crippen LogP contribution is -2.13. The number of nitrogens with two attached hydrogens (primary N) is 1. The quantitative estimate of drug-likeness (QED) is 0.889. The molecule has 0 aliphatic carbocycles. The number of nitrogen functional groups attached to an aromatic ring is 1. The van der Waals surface area contributed by atoms with Crippen LogP contribution in [0.15, 0.2) is 33.2 Å². The van der Waals surface area contributed by atoms with Crippen LogP contribution in [0.5, 0.6) is 0 Å². The predicted molar refractivity (Wildman–Crippen MR) is 69.3 cm³/mol. The average molecular weight is 335 g/mol. The van der Waals surface area contributed by atoms with Gasteiger partial charge in [0.1, 0.15) is 5.82 Å². The van der Waals surface area contributed by atoms with Gasteiger partial charge in [-0.15, -0.1) is 0 Å². The summed E-state index contributed by atoms with van der Waals surface area (Å²) in [5, 5.41) is 0.284. The molecule has 0 unspecified atom stereocenters. The lowest BCUT2D eigenvalue weighted by atomic mass is 10.5. The van der Waals surface area contributed by atoms with E-state index in [9.17, 15) is 8.42 Å². The van der Waals surface area contributed by atoms with Crippen LogP contribution in [-0.4, -0.2) is 18.4 Å². The van der Waals surface area contributed by atoms with E-state index in [1.54, 1.807) is 0 Å². The van der Waals surface area contributed by atoms with Crippen LogP contribution in [0.4, 0.5) is 10.9 Å². The van der Waals surface area contributed by atoms with Gasteiger partial charge in [-0.05, 0) is 22.0 Å². The van der Waals surface area contributed by atoms with E-state index in [-0.39, 0.29) is 15.8 Å². The van der Waals surface area contributed by atoms with Crippen LogP contribution < -0.4 is 10.5 Å². The molecule has 0 spiro atoms. The Bertz CT molecular complexity index is 640. The Morgan fingerprint density at radius 3 is 2.76 bits per heavy atom. The van der Waals surface area contributed by atoms with Gasteiger partial charge in [-0.3, -0.25) is 4.72 Å². The molecule has 0 amide bonds. The van der Waals surface area contributed by atoms with Crippen LogP contribution in [0.25, 0.3) is 0 Å². The molecule has 0 aromatic carbocycles. The first kappa shape index (κ1) is 12.3. The number of anilines is 2. The summed E-state index contributed by atoms with van der Waals surface area (Å²) in [6.45, 7) is 0. The summed E-state index contributed by atoms with van der Waals surface area (Å²) in [4.78, 5) is 7.67. The second-order valence-corrected chi connectivity index (χ2v) is 7.08. The van der Waals surface area contributed by atoms with Crippen molar-refractivity contribution in [3.63, 3.8) is 0 Å². The topological polar surface area (TPSA) is 98.0 Å². The van der Waals surface area contributed by atoms with Crippen molar-refractivity contribution in [1.82, 2.24) is 9.97 Å². The summed E-state index contributed by atoms with van der Waals surface area (Å²) in [6.07, 6.45) is 2.85. The van der Waals surface area contributed by atoms with Gasteiger partial charge in [0.2, 0.25) is 0 Å². The first-order chi connectivity index (χ1) is 7.97. The van der Waals surface area contributed by atoms with E-state index in [0.717, 1.165) is 3.79 Å². The summed E-state index contributed by atoms with van der Waals surface area (Å²) >= 11 is 4.38. The molecule has 3 N–H and O–H groups in total. The molecular weight excluding hydrogens is 328 g/mol. The molecule has 0 saturated heterocycles. The van der Waals surface area contributed by atoms with Crippen molar-refractivity contribution in [3.05, 3.63) is 28.3 Å². The molecule has 0 radical (unpaired) electrons. The molecule has 6 nitrogen and oxygen atoms in total. The highest BCUT2D eigenvalue weighted by atomic mass is 79.9. The number of hydrogen-bond donors (Lipinski definition) is 2. The molecular formula is C8H7BrN4O2S2. The van der Waals surface area contributed by atoms with E-state index < -0.39 is 10.0 Å². The molecule has 0 aliphatic rings. The molecule has 90 valence electrons. The van der Waals surface area contributed by atoms with Crippen LogP contribution in [-0.2, 0) is 10.0 Å². The monoisotopic (exact) mass is 334 g/mol. The van der Waals surface area contributed by atoms with Gasteiger partial charge in [-0.2, -0.15) is 0 Å². The normalized spacial score (nSPS) is 11.4. The van der Waals surface area contributed by atoms with Gasteiger partial charge >= 0.3 is 0 Å². The van der Waals surface area contributed by atoms with E-state index in [1.165, 1.54) is 35.9 Å². The van der Waals surface area contributed by atoms with Crippen LogP contribution in [0.2, 0.25) is 0 Å². The summed E-state index contributed by atoms with van der Waals surface area (Å²) in [5.74, 6) is 0.146. The van der Waals surface area contributed by atoms with Crippen LogP contribution in [0.3, 0.4) is 0 Å². The minimum atomic E-state index is -3.67. The fourth-order valence-electron chi connectivity index (χ4n) is 1.07. The molecule has 0 atom stereocenters. The number of rotatable bonds is 3. The Morgan fingerprint density at radius 1 is 1.41 bits per heavy atom. The lowest BCUT2D eigenvalue weighted by Gasteiger charge is -2.04. The van der Waals surface area contributed by atoms with Gasteiger partial charge in [0.25, 0.3) is 10.0 Å². The molecule has 0 saturated carbocycles. The third-order valence-electron chi connectivity index (χ3n) is 1.76. The molecule has 2 aromatic heterocycles. The van der Waals surface area contributed by atoms with Crippen molar-refractivity contribution in [2.45, 2.75) is 4.90 Å². The molecule has 0 bridgehead atoms. The summed E-state index contributed by atoms with van der Waals surface area (Å²) in [7, 11) is -3.67. The molecule has 0 fully saturated rings. The van der Waals surface area contributed by atoms with Crippen molar-refractivity contribution in [2.24, 2.45) is 0 Å². The van der Waals surface area contributed by atoms with Gasteiger partial charge < -0.3 is 5.73 Å². The fourth-order valence-corrected chi connectivity index (χ4v) is 3.44. The van der Waals surface area contributed by atoms with Gasteiger partial charge in [-0.1, -0.05) is 11.3 Å². The van der Waals surface area contributed by atoms with Gasteiger partial charge in [-0.25, -0.2) is 18.4 Å². The molecule has 2 aromatic rings. The zero-order valence-electron chi connectivity index (χ0n) is 8.29. The molecule has 0 aliphatic heterocycles. The second kappa shape index (κ2) is 4.59. The standard InChI is InChI=1S/C8H7BrN4O2S2/c9-6-4-12-8(16-6)13-17(14,15)5-1-2-11-7(10)3-5/h1-4H,(H2,10,11)(H,12,13). The van der Waals surface area contributed by atoms with Crippen molar-refractivity contribution in [2.75, 3.05) is 10.5 Å². The Labute approximate surface area is 110 Å². The Morgan fingerprint density at radius 2 is 2.18 bits per heavy atom. The SMILES string of the molecule is Nc1cc(S(=O)(=O)Nc2ncc(Br)s2)ccn1. The predicted octanol–water partition coefficient (Wildman–Crippen LogP) is 1.68. The zero-order chi connectivity index (χ0) is 12.5. The van der Waals surface area contributed by atoms with E-state index in [2.05, 4.69) is 30.6 Å². The maximum Gasteiger partial charge on any atom is 0.263 e. The summed E-state index contributed by atoms with van der Waals surface area (Å²) < 4.78 is 26.9. The maximum atomic E-state index is 11.9. The van der Waals surface area contributed by atoms with Crippen LogP contribution in [0.1, 0.15) is 0 Å². The molecule has 17 heavy (non-hydrogen) atoms. The number of nitrogens with one attached hydrogen (secondary N) is 1. The number of nitrogens with zero attached hydrogens (tertiary/aromatic N) is 2. The zero-order valence-corrected chi connectivity index (χ0v) is 11.5. The minimum Gasteiger partial charge on any atom is -0.384 e. The Balaban J connectivity index is 2.31. The average Bonchev–Trinajstić information content (AvgIpc) is 2.63. The highest BCUT2D eigenvalue weighted by Crippen LogP contribution is 2.25. The first-order valence-corrected chi connectivity index (χ1v) is 7.42. The second-order valence-electron chi connectivity index (χ2n) is 2.99. The molecule has 2 rings (SSSR count). The summed E-state index contributed by atoms with van der Waals surface area (Å²) in [5.41, 5.74) is 5.43. The van der Waals surface area contributed by atoms with Gasteiger partial charge in [0.15, 0.2) is 5.13 Å². The lowest BCUT2D eigenvalue weighted by molar-refractivity contribution is 0.601. The van der Waals surface area contributed by atoms with Crippen LogP contribution >= 0.6 is 27.3 Å². The van der Waals surface area contributed by atoms with Gasteiger partial charge in [0, 0.05) is 12.3 Å². The molecule has 2 heterocycles. The van der Waals surface area contributed by atoms with E-state index in [0.29, 0.717) is 0 Å².